The van der Waals surface area contributed by atoms with Crippen molar-refractivity contribution in [1.29, 1.82) is 0 Å². The Kier molecular flexibility index (Phi) is 7.00. The third-order valence-electron chi connectivity index (χ3n) is 3.72. The Morgan fingerprint density at radius 3 is 2.35 bits per heavy atom. The lowest BCUT2D eigenvalue weighted by Gasteiger charge is -2.36. The Hall–Kier alpha value is -1.09. The van der Waals surface area contributed by atoms with Gasteiger partial charge in [0.1, 0.15) is 5.82 Å². The third-order valence-corrected chi connectivity index (χ3v) is 3.72. The van der Waals surface area contributed by atoms with Gasteiger partial charge in [0.05, 0.1) is 5.69 Å². The number of hydrogen-bond acceptors (Lipinski definition) is 2. The second-order valence-corrected chi connectivity index (χ2v) is 5.80. The van der Waals surface area contributed by atoms with Gasteiger partial charge in [-0.05, 0) is 43.4 Å². The van der Waals surface area contributed by atoms with E-state index in [-0.39, 0.29) is 5.82 Å². The van der Waals surface area contributed by atoms with E-state index < -0.39 is 0 Å². The maximum Gasteiger partial charge on any atom is 0.146 e. The Labute approximate surface area is 123 Å². The molecular weight excluding hydrogens is 251 g/mol. The predicted octanol–water partition coefficient (Wildman–Crippen LogP) is 3.98. The molecule has 0 saturated heterocycles. The first-order chi connectivity index (χ1) is 9.54. The van der Waals surface area contributed by atoms with Crippen LogP contribution in [0.5, 0.6) is 0 Å². The van der Waals surface area contributed by atoms with Crippen molar-refractivity contribution in [2.24, 2.45) is 11.7 Å². The molecule has 2 nitrogen and oxygen atoms in total. The van der Waals surface area contributed by atoms with Gasteiger partial charge in [-0.15, -0.1) is 0 Å². The monoisotopic (exact) mass is 280 g/mol. The van der Waals surface area contributed by atoms with Crippen molar-refractivity contribution in [3.05, 3.63) is 29.6 Å². The molecule has 2 N–H and O–H groups in total. The average molecular weight is 280 g/mol. The van der Waals surface area contributed by atoms with E-state index in [1.54, 1.807) is 12.1 Å². The van der Waals surface area contributed by atoms with Gasteiger partial charge in [0.2, 0.25) is 0 Å². The molecule has 0 heterocycles. The fourth-order valence-corrected chi connectivity index (χ4v) is 2.78. The van der Waals surface area contributed by atoms with Crippen molar-refractivity contribution in [3.63, 3.8) is 0 Å². The minimum absolute atomic E-state index is 0.122. The van der Waals surface area contributed by atoms with Crippen molar-refractivity contribution in [1.82, 2.24) is 0 Å². The number of benzene rings is 1. The van der Waals surface area contributed by atoms with Gasteiger partial charge < -0.3 is 10.6 Å². The third kappa shape index (κ3) is 4.20. The van der Waals surface area contributed by atoms with E-state index in [9.17, 15) is 4.39 Å². The highest BCUT2D eigenvalue weighted by Gasteiger charge is 2.22. The zero-order chi connectivity index (χ0) is 15.1. The zero-order valence-corrected chi connectivity index (χ0v) is 13.3. The molecule has 0 aromatic heterocycles. The molecule has 0 aliphatic carbocycles. The van der Waals surface area contributed by atoms with Crippen molar-refractivity contribution < 1.29 is 4.39 Å². The van der Waals surface area contributed by atoms with Crippen LogP contribution in [-0.2, 0) is 6.42 Å². The SMILES string of the molecule is CCC(CC)N(CC(C)C)c1c(F)cccc1CCN. The molecular formula is C17H29FN2. The van der Waals surface area contributed by atoms with E-state index in [0.717, 1.165) is 37.1 Å². The van der Waals surface area contributed by atoms with Crippen LogP contribution in [0.4, 0.5) is 10.1 Å². The van der Waals surface area contributed by atoms with Crippen molar-refractivity contribution in [3.8, 4) is 0 Å². The molecule has 0 atom stereocenters. The number of nitrogens with two attached hydrogens (primary N) is 1. The summed E-state index contributed by atoms with van der Waals surface area (Å²) < 4.78 is 14.4. The minimum atomic E-state index is -0.122. The van der Waals surface area contributed by atoms with Crippen molar-refractivity contribution in [2.45, 2.75) is 53.0 Å². The van der Waals surface area contributed by atoms with Crippen LogP contribution in [0.25, 0.3) is 0 Å². The van der Waals surface area contributed by atoms with E-state index >= 15 is 0 Å². The number of halogens is 1. The second-order valence-electron chi connectivity index (χ2n) is 5.80. The molecule has 1 aromatic rings. The van der Waals surface area contributed by atoms with E-state index in [1.807, 2.05) is 6.07 Å². The summed E-state index contributed by atoms with van der Waals surface area (Å²) in [6.45, 7) is 10.1. The smallest absolute Gasteiger partial charge is 0.146 e. The summed E-state index contributed by atoms with van der Waals surface area (Å²) in [6.07, 6.45) is 2.78. The molecule has 114 valence electrons. The number of rotatable bonds is 8. The highest BCUT2D eigenvalue weighted by Crippen LogP contribution is 2.29. The molecule has 0 spiro atoms. The molecule has 0 bridgehead atoms. The first kappa shape index (κ1) is 17.0. The summed E-state index contributed by atoms with van der Waals surface area (Å²) in [5.74, 6) is 0.379. The van der Waals surface area contributed by atoms with Crippen molar-refractivity contribution >= 4 is 5.69 Å². The standard InChI is InChI=1S/C17H29FN2/c1-5-15(6-2)20(12-13(3)4)17-14(10-11-19)8-7-9-16(17)18/h7-9,13,15H,5-6,10-12,19H2,1-4H3. The number of nitrogens with zero attached hydrogens (tertiary/aromatic N) is 1. The molecule has 1 rings (SSSR count). The molecule has 0 aliphatic rings. The van der Waals surface area contributed by atoms with Gasteiger partial charge in [-0.25, -0.2) is 4.39 Å². The topological polar surface area (TPSA) is 29.3 Å². The molecule has 20 heavy (non-hydrogen) atoms. The van der Waals surface area contributed by atoms with Crippen LogP contribution in [0, 0.1) is 11.7 Å². The van der Waals surface area contributed by atoms with E-state index in [4.69, 9.17) is 5.73 Å². The average Bonchev–Trinajstić information content (AvgIpc) is 2.39. The molecule has 1 aromatic carbocycles. The fraction of sp³-hybridized carbons (Fsp3) is 0.647. The van der Waals surface area contributed by atoms with E-state index in [1.165, 1.54) is 0 Å². The van der Waals surface area contributed by atoms with Gasteiger partial charge in [-0.2, -0.15) is 0 Å². The first-order valence-corrected chi connectivity index (χ1v) is 7.79. The summed E-state index contributed by atoms with van der Waals surface area (Å²) in [5.41, 5.74) is 7.47. The van der Waals surface area contributed by atoms with Crippen LogP contribution >= 0.6 is 0 Å². The molecule has 0 fully saturated rings. The molecule has 0 radical (unpaired) electrons. The highest BCUT2D eigenvalue weighted by molar-refractivity contribution is 5.56. The maximum atomic E-state index is 14.4. The van der Waals surface area contributed by atoms with Gasteiger partial charge in [0, 0.05) is 12.6 Å². The largest absolute Gasteiger partial charge is 0.366 e. The summed E-state index contributed by atoms with van der Waals surface area (Å²) in [5, 5.41) is 0. The Bertz CT molecular complexity index is 400. The quantitative estimate of drug-likeness (QED) is 0.780. The van der Waals surface area contributed by atoms with Gasteiger partial charge in [0.15, 0.2) is 0 Å². The predicted molar refractivity (Wildman–Crippen MR) is 85.7 cm³/mol. The van der Waals surface area contributed by atoms with E-state index in [0.29, 0.717) is 18.5 Å². The van der Waals surface area contributed by atoms with Crippen molar-refractivity contribution in [2.75, 3.05) is 18.0 Å². The van der Waals surface area contributed by atoms with Gasteiger partial charge >= 0.3 is 0 Å². The van der Waals surface area contributed by atoms with E-state index in [2.05, 4.69) is 32.6 Å². The van der Waals surface area contributed by atoms with Crippen LogP contribution in [0.2, 0.25) is 0 Å². The van der Waals surface area contributed by atoms with Gasteiger partial charge in [-0.1, -0.05) is 39.8 Å². The lowest BCUT2D eigenvalue weighted by molar-refractivity contribution is 0.494. The molecule has 0 saturated carbocycles. The van der Waals surface area contributed by atoms with Crippen LogP contribution in [0.3, 0.4) is 0 Å². The minimum Gasteiger partial charge on any atom is -0.366 e. The Morgan fingerprint density at radius 1 is 1.20 bits per heavy atom. The summed E-state index contributed by atoms with van der Waals surface area (Å²) in [6, 6.07) is 5.72. The molecule has 0 amide bonds. The fourth-order valence-electron chi connectivity index (χ4n) is 2.78. The normalized spacial score (nSPS) is 11.4. The van der Waals surface area contributed by atoms with Gasteiger partial charge in [-0.3, -0.25) is 0 Å². The number of hydrogen-bond donors (Lipinski definition) is 1. The summed E-state index contributed by atoms with van der Waals surface area (Å²) >= 11 is 0. The zero-order valence-electron chi connectivity index (χ0n) is 13.3. The molecule has 0 unspecified atom stereocenters. The summed E-state index contributed by atoms with van der Waals surface area (Å²) in [7, 11) is 0. The van der Waals surface area contributed by atoms with Crippen LogP contribution < -0.4 is 10.6 Å². The lowest BCUT2D eigenvalue weighted by atomic mass is 10.0. The second kappa shape index (κ2) is 8.25. The summed E-state index contributed by atoms with van der Waals surface area (Å²) in [4.78, 5) is 2.25. The molecule has 0 aliphatic heterocycles. The number of para-hydroxylation sites is 1. The number of anilines is 1. The van der Waals surface area contributed by atoms with Crippen LogP contribution in [0.1, 0.15) is 46.1 Å². The maximum absolute atomic E-state index is 14.4. The lowest BCUT2D eigenvalue weighted by Crippen LogP contribution is -2.38. The molecule has 3 heteroatoms. The highest BCUT2D eigenvalue weighted by atomic mass is 19.1. The first-order valence-electron chi connectivity index (χ1n) is 7.79. The Balaban J connectivity index is 3.24. The van der Waals surface area contributed by atoms with Crippen LogP contribution in [-0.4, -0.2) is 19.1 Å². The Morgan fingerprint density at radius 2 is 1.85 bits per heavy atom. The van der Waals surface area contributed by atoms with Gasteiger partial charge in [0.25, 0.3) is 0 Å². The van der Waals surface area contributed by atoms with Crippen LogP contribution in [0.15, 0.2) is 18.2 Å².